The molecule has 1 heterocycles. The maximum atomic E-state index is 13.0. The first kappa shape index (κ1) is 20.9. The summed E-state index contributed by atoms with van der Waals surface area (Å²) in [6.45, 7) is 2.70. The number of nitrogens with zero attached hydrogens (tertiary/aromatic N) is 1. The quantitative estimate of drug-likeness (QED) is 0.757. The number of anilines is 1. The predicted octanol–water partition coefficient (Wildman–Crippen LogP) is 2.82. The van der Waals surface area contributed by atoms with Crippen LogP contribution in [-0.2, 0) is 19.6 Å². The van der Waals surface area contributed by atoms with Crippen LogP contribution < -0.4 is 4.72 Å². The fourth-order valence-electron chi connectivity index (χ4n) is 3.34. The summed E-state index contributed by atoms with van der Waals surface area (Å²) >= 11 is 0. The van der Waals surface area contributed by atoms with Gasteiger partial charge in [0.25, 0.3) is 15.9 Å². The second-order valence-corrected chi connectivity index (χ2v) is 8.74. The number of esters is 1. The van der Waals surface area contributed by atoms with Gasteiger partial charge in [0.1, 0.15) is 0 Å². The van der Waals surface area contributed by atoms with Crippen LogP contribution in [0.1, 0.15) is 28.8 Å². The molecule has 7 nitrogen and oxygen atoms in total. The van der Waals surface area contributed by atoms with Gasteiger partial charge in [-0.25, -0.2) is 8.42 Å². The Morgan fingerprint density at radius 3 is 2.28 bits per heavy atom. The topological polar surface area (TPSA) is 92.8 Å². The highest BCUT2D eigenvalue weighted by Gasteiger charge is 2.29. The van der Waals surface area contributed by atoms with E-state index < -0.39 is 10.0 Å². The number of methoxy groups -OCH3 is 1. The van der Waals surface area contributed by atoms with Crippen LogP contribution in [0.3, 0.4) is 0 Å². The number of hydrogen-bond acceptors (Lipinski definition) is 5. The minimum absolute atomic E-state index is 0.129. The van der Waals surface area contributed by atoms with Gasteiger partial charge in [-0.3, -0.25) is 14.3 Å². The number of aryl methyl sites for hydroxylation is 1. The Labute approximate surface area is 170 Å². The van der Waals surface area contributed by atoms with E-state index >= 15 is 0 Å². The molecule has 0 atom stereocenters. The lowest BCUT2D eigenvalue weighted by Crippen LogP contribution is -2.40. The molecule has 0 bridgehead atoms. The molecule has 0 saturated carbocycles. The summed E-state index contributed by atoms with van der Waals surface area (Å²) in [6.07, 6.45) is 1.05. The minimum atomic E-state index is -3.82. The number of benzene rings is 2. The van der Waals surface area contributed by atoms with Crippen molar-refractivity contribution in [1.82, 2.24) is 4.90 Å². The van der Waals surface area contributed by atoms with Crippen molar-refractivity contribution in [3.8, 4) is 0 Å². The standard InChI is InChI=1S/C21H24N2O5S/c1-15-7-9-17(10-8-15)29(26,27)22-19-6-4-3-5-18(19)20(24)23-13-11-16(12-14-23)21(25)28-2/h3-10,16,22H,11-14H2,1-2H3. The van der Waals surface area contributed by atoms with Gasteiger partial charge in [-0.15, -0.1) is 0 Å². The highest BCUT2D eigenvalue weighted by atomic mass is 32.2. The molecule has 1 fully saturated rings. The van der Waals surface area contributed by atoms with Crippen molar-refractivity contribution in [3.63, 3.8) is 0 Å². The summed E-state index contributed by atoms with van der Waals surface area (Å²) in [5.41, 5.74) is 1.46. The average molecular weight is 416 g/mol. The third kappa shape index (κ3) is 4.76. The second kappa shape index (κ2) is 8.65. The summed E-state index contributed by atoms with van der Waals surface area (Å²) in [4.78, 5) is 26.5. The lowest BCUT2D eigenvalue weighted by atomic mass is 9.96. The molecule has 1 aliphatic heterocycles. The number of sulfonamides is 1. The normalized spacial score (nSPS) is 15.0. The lowest BCUT2D eigenvalue weighted by Gasteiger charge is -2.31. The van der Waals surface area contributed by atoms with Crippen LogP contribution in [-0.4, -0.2) is 45.4 Å². The summed E-state index contributed by atoms with van der Waals surface area (Å²) in [7, 11) is -2.46. The van der Waals surface area contributed by atoms with Gasteiger partial charge in [0.05, 0.1) is 29.2 Å². The number of piperidine rings is 1. The fourth-order valence-corrected chi connectivity index (χ4v) is 4.41. The molecule has 2 aromatic carbocycles. The van der Waals surface area contributed by atoms with Gasteiger partial charge in [-0.1, -0.05) is 29.8 Å². The third-order valence-electron chi connectivity index (χ3n) is 5.05. The van der Waals surface area contributed by atoms with Crippen molar-refractivity contribution in [2.45, 2.75) is 24.7 Å². The summed E-state index contributed by atoms with van der Waals surface area (Å²) in [6, 6.07) is 13.0. The van der Waals surface area contributed by atoms with Crippen LogP contribution in [0.15, 0.2) is 53.4 Å². The molecule has 3 rings (SSSR count). The molecule has 1 saturated heterocycles. The number of para-hydroxylation sites is 1. The smallest absolute Gasteiger partial charge is 0.308 e. The molecule has 0 spiro atoms. The van der Waals surface area contributed by atoms with Crippen LogP contribution in [0.4, 0.5) is 5.69 Å². The van der Waals surface area contributed by atoms with Crippen molar-refractivity contribution in [2.24, 2.45) is 5.92 Å². The SMILES string of the molecule is COC(=O)C1CCN(C(=O)c2ccccc2NS(=O)(=O)c2ccc(C)cc2)CC1. The van der Waals surface area contributed by atoms with Crippen LogP contribution in [0.2, 0.25) is 0 Å². The molecule has 0 aromatic heterocycles. The predicted molar refractivity (Wildman–Crippen MR) is 109 cm³/mol. The van der Waals surface area contributed by atoms with E-state index in [4.69, 9.17) is 4.74 Å². The number of carbonyl (C=O) groups is 2. The van der Waals surface area contributed by atoms with Crippen molar-refractivity contribution in [1.29, 1.82) is 0 Å². The molecule has 154 valence electrons. The lowest BCUT2D eigenvalue weighted by molar-refractivity contribution is -0.146. The molecule has 1 amide bonds. The van der Waals surface area contributed by atoms with Crippen LogP contribution in [0, 0.1) is 12.8 Å². The van der Waals surface area contributed by atoms with Gasteiger partial charge in [0, 0.05) is 13.1 Å². The van der Waals surface area contributed by atoms with E-state index in [1.54, 1.807) is 41.3 Å². The highest BCUT2D eigenvalue weighted by molar-refractivity contribution is 7.92. The Balaban J connectivity index is 1.78. The molecule has 2 aromatic rings. The molecule has 0 unspecified atom stereocenters. The number of carbonyl (C=O) groups excluding carboxylic acids is 2. The number of hydrogen-bond donors (Lipinski definition) is 1. The summed E-state index contributed by atoms with van der Waals surface area (Å²) in [5, 5.41) is 0. The van der Waals surface area contributed by atoms with Crippen molar-refractivity contribution in [2.75, 3.05) is 24.9 Å². The Bertz CT molecular complexity index is 994. The van der Waals surface area contributed by atoms with E-state index in [-0.39, 0.29) is 33.9 Å². The van der Waals surface area contributed by atoms with Gasteiger partial charge in [0.15, 0.2) is 0 Å². The monoisotopic (exact) mass is 416 g/mol. The molecular weight excluding hydrogens is 392 g/mol. The summed E-state index contributed by atoms with van der Waals surface area (Å²) in [5.74, 6) is -0.738. The number of ether oxygens (including phenoxy) is 1. The Kier molecular flexibility index (Phi) is 6.22. The van der Waals surface area contributed by atoms with Crippen molar-refractivity contribution >= 4 is 27.6 Å². The first-order valence-electron chi connectivity index (χ1n) is 9.37. The largest absolute Gasteiger partial charge is 0.469 e. The van der Waals surface area contributed by atoms with Gasteiger partial charge in [-0.05, 0) is 44.0 Å². The van der Waals surface area contributed by atoms with Crippen molar-refractivity contribution in [3.05, 3.63) is 59.7 Å². The molecule has 1 aliphatic rings. The van der Waals surface area contributed by atoms with E-state index in [2.05, 4.69) is 4.72 Å². The second-order valence-electron chi connectivity index (χ2n) is 7.05. The Morgan fingerprint density at radius 1 is 1.03 bits per heavy atom. The van der Waals surface area contributed by atoms with Gasteiger partial charge >= 0.3 is 5.97 Å². The molecule has 0 aliphatic carbocycles. The zero-order valence-electron chi connectivity index (χ0n) is 16.4. The van der Waals surface area contributed by atoms with Crippen LogP contribution in [0.25, 0.3) is 0 Å². The van der Waals surface area contributed by atoms with Crippen LogP contribution in [0.5, 0.6) is 0 Å². The zero-order chi connectivity index (χ0) is 21.0. The van der Waals surface area contributed by atoms with E-state index in [1.165, 1.54) is 19.2 Å². The Morgan fingerprint density at radius 2 is 1.66 bits per heavy atom. The summed E-state index contributed by atoms with van der Waals surface area (Å²) < 4.78 is 32.8. The van der Waals surface area contributed by atoms with Gasteiger partial charge < -0.3 is 9.64 Å². The van der Waals surface area contributed by atoms with E-state index in [0.717, 1.165) is 5.56 Å². The van der Waals surface area contributed by atoms with E-state index in [9.17, 15) is 18.0 Å². The van der Waals surface area contributed by atoms with E-state index in [0.29, 0.717) is 25.9 Å². The van der Waals surface area contributed by atoms with Crippen LogP contribution >= 0.6 is 0 Å². The highest BCUT2D eigenvalue weighted by Crippen LogP contribution is 2.25. The maximum absolute atomic E-state index is 13.0. The average Bonchev–Trinajstić information content (AvgIpc) is 2.73. The molecule has 29 heavy (non-hydrogen) atoms. The third-order valence-corrected chi connectivity index (χ3v) is 6.43. The first-order valence-corrected chi connectivity index (χ1v) is 10.9. The van der Waals surface area contributed by atoms with Gasteiger partial charge in [-0.2, -0.15) is 0 Å². The fraction of sp³-hybridized carbons (Fsp3) is 0.333. The molecule has 8 heteroatoms. The molecular formula is C21H24N2O5S. The minimum Gasteiger partial charge on any atom is -0.469 e. The number of likely N-dealkylation sites (tertiary alicyclic amines) is 1. The van der Waals surface area contributed by atoms with Gasteiger partial charge in [0.2, 0.25) is 0 Å². The van der Waals surface area contributed by atoms with E-state index in [1.807, 2.05) is 6.92 Å². The maximum Gasteiger partial charge on any atom is 0.308 e. The number of amides is 1. The zero-order valence-corrected chi connectivity index (χ0v) is 17.2. The number of rotatable bonds is 5. The van der Waals surface area contributed by atoms with Crippen molar-refractivity contribution < 1.29 is 22.7 Å². The first-order chi connectivity index (χ1) is 13.8. The Hall–Kier alpha value is -2.87. The number of nitrogens with one attached hydrogen (secondary N) is 1. The molecule has 1 N–H and O–H groups in total. The molecule has 0 radical (unpaired) electrons.